The first-order valence-electron chi connectivity index (χ1n) is 5.30. The van der Waals surface area contributed by atoms with Gasteiger partial charge in [0.1, 0.15) is 11.9 Å². The van der Waals surface area contributed by atoms with Crippen molar-refractivity contribution in [3.8, 4) is 5.75 Å². The number of hydrogen-bond donors (Lipinski definition) is 2. The van der Waals surface area contributed by atoms with Crippen molar-refractivity contribution < 1.29 is 14.3 Å². The zero-order valence-corrected chi connectivity index (χ0v) is 11.5. The van der Waals surface area contributed by atoms with Gasteiger partial charge in [0, 0.05) is 13.7 Å². The second-order valence-electron chi connectivity index (χ2n) is 3.65. The molecule has 6 heteroatoms. The minimum Gasteiger partial charge on any atom is -0.495 e. The second-order valence-corrected chi connectivity index (χ2v) is 3.65. The summed E-state index contributed by atoms with van der Waals surface area (Å²) < 4.78 is 10.1. The van der Waals surface area contributed by atoms with Crippen LogP contribution in [0.25, 0.3) is 0 Å². The number of aryl methyl sites for hydroxylation is 1. The zero-order valence-electron chi connectivity index (χ0n) is 10.7. The van der Waals surface area contributed by atoms with Gasteiger partial charge in [-0.15, -0.1) is 12.4 Å². The van der Waals surface area contributed by atoms with Crippen LogP contribution in [0.3, 0.4) is 0 Å². The largest absolute Gasteiger partial charge is 0.495 e. The third kappa shape index (κ3) is 4.18. The van der Waals surface area contributed by atoms with Crippen LogP contribution < -0.4 is 15.8 Å². The van der Waals surface area contributed by atoms with E-state index in [4.69, 9.17) is 15.2 Å². The van der Waals surface area contributed by atoms with E-state index < -0.39 is 6.10 Å². The van der Waals surface area contributed by atoms with Crippen molar-refractivity contribution in [3.05, 3.63) is 23.8 Å². The van der Waals surface area contributed by atoms with Crippen LogP contribution in [-0.4, -0.2) is 32.8 Å². The molecule has 0 aromatic heterocycles. The topological polar surface area (TPSA) is 73.6 Å². The summed E-state index contributed by atoms with van der Waals surface area (Å²) in [6.07, 6.45) is -0.653. The van der Waals surface area contributed by atoms with Crippen molar-refractivity contribution in [3.63, 3.8) is 0 Å². The molecule has 1 unspecified atom stereocenters. The van der Waals surface area contributed by atoms with Gasteiger partial charge in [0.15, 0.2) is 0 Å². The summed E-state index contributed by atoms with van der Waals surface area (Å²) in [5, 5.41) is 2.74. The average Bonchev–Trinajstić information content (AvgIpc) is 2.31. The molecule has 0 spiro atoms. The number of carbonyl (C=O) groups excluding carboxylic acids is 1. The Balaban J connectivity index is 0.00000289. The lowest BCUT2D eigenvalue weighted by Crippen LogP contribution is -2.36. The van der Waals surface area contributed by atoms with E-state index in [1.165, 1.54) is 7.11 Å². The fourth-order valence-corrected chi connectivity index (χ4v) is 1.44. The van der Waals surface area contributed by atoms with E-state index in [0.717, 1.165) is 5.56 Å². The Morgan fingerprint density at radius 1 is 1.44 bits per heavy atom. The van der Waals surface area contributed by atoms with E-state index in [1.807, 2.05) is 19.1 Å². The summed E-state index contributed by atoms with van der Waals surface area (Å²) in [6, 6.07) is 5.54. The highest BCUT2D eigenvalue weighted by molar-refractivity contribution is 5.95. The molecule has 0 aliphatic carbocycles. The standard InChI is InChI=1S/C12H18N2O3.ClH/c1-8-4-5-10(16-2)9(6-8)14-12(15)11(7-13)17-3;/h4-6,11H,7,13H2,1-3H3,(H,14,15);1H. The van der Waals surface area contributed by atoms with Gasteiger partial charge in [-0.3, -0.25) is 4.79 Å². The number of methoxy groups -OCH3 is 2. The Hall–Kier alpha value is -1.30. The number of ether oxygens (including phenoxy) is 2. The molecule has 1 rings (SSSR count). The van der Waals surface area contributed by atoms with Crippen LogP contribution in [0.4, 0.5) is 5.69 Å². The van der Waals surface area contributed by atoms with E-state index in [2.05, 4.69) is 5.32 Å². The molecule has 0 saturated heterocycles. The van der Waals surface area contributed by atoms with E-state index in [0.29, 0.717) is 11.4 Å². The summed E-state index contributed by atoms with van der Waals surface area (Å²) in [4.78, 5) is 11.8. The van der Waals surface area contributed by atoms with Crippen molar-refractivity contribution in [2.45, 2.75) is 13.0 Å². The van der Waals surface area contributed by atoms with Crippen LogP contribution in [0, 0.1) is 6.92 Å². The first kappa shape index (κ1) is 16.7. The van der Waals surface area contributed by atoms with E-state index in [1.54, 1.807) is 13.2 Å². The zero-order chi connectivity index (χ0) is 12.8. The Bertz CT molecular complexity index is 395. The maximum atomic E-state index is 11.8. The van der Waals surface area contributed by atoms with Crippen molar-refractivity contribution in [2.24, 2.45) is 5.73 Å². The average molecular weight is 275 g/mol. The van der Waals surface area contributed by atoms with Gasteiger partial charge in [0.25, 0.3) is 5.91 Å². The van der Waals surface area contributed by atoms with E-state index in [-0.39, 0.29) is 24.9 Å². The van der Waals surface area contributed by atoms with Crippen LogP contribution in [0.5, 0.6) is 5.75 Å². The molecule has 18 heavy (non-hydrogen) atoms. The fourth-order valence-electron chi connectivity index (χ4n) is 1.44. The van der Waals surface area contributed by atoms with Crippen LogP contribution in [0.1, 0.15) is 5.56 Å². The number of nitrogens with two attached hydrogens (primary N) is 1. The van der Waals surface area contributed by atoms with E-state index >= 15 is 0 Å². The highest BCUT2D eigenvalue weighted by Gasteiger charge is 2.17. The molecule has 0 heterocycles. The van der Waals surface area contributed by atoms with Gasteiger partial charge in [0.2, 0.25) is 0 Å². The highest BCUT2D eigenvalue weighted by Crippen LogP contribution is 2.25. The summed E-state index contributed by atoms with van der Waals surface area (Å²) in [5.74, 6) is 0.328. The lowest BCUT2D eigenvalue weighted by molar-refractivity contribution is -0.125. The number of amides is 1. The lowest BCUT2D eigenvalue weighted by atomic mass is 10.2. The molecule has 0 aliphatic heterocycles. The smallest absolute Gasteiger partial charge is 0.254 e. The monoisotopic (exact) mass is 274 g/mol. The van der Waals surface area contributed by atoms with Gasteiger partial charge in [-0.25, -0.2) is 0 Å². The normalized spacial score (nSPS) is 11.3. The summed E-state index contributed by atoms with van der Waals surface area (Å²) in [7, 11) is 3.00. The molecule has 5 nitrogen and oxygen atoms in total. The van der Waals surface area contributed by atoms with Crippen molar-refractivity contribution in [1.29, 1.82) is 0 Å². The molecule has 3 N–H and O–H groups in total. The van der Waals surface area contributed by atoms with Crippen molar-refractivity contribution in [1.82, 2.24) is 0 Å². The molecule has 0 radical (unpaired) electrons. The van der Waals surface area contributed by atoms with Crippen LogP contribution in [-0.2, 0) is 9.53 Å². The van der Waals surface area contributed by atoms with Crippen LogP contribution >= 0.6 is 12.4 Å². The molecule has 0 bridgehead atoms. The molecule has 0 aliphatic rings. The number of rotatable bonds is 5. The number of carbonyl (C=O) groups is 1. The molecular formula is C12H19ClN2O3. The third-order valence-corrected chi connectivity index (χ3v) is 2.40. The maximum Gasteiger partial charge on any atom is 0.254 e. The maximum absolute atomic E-state index is 11.8. The Morgan fingerprint density at radius 2 is 2.11 bits per heavy atom. The minimum absolute atomic E-state index is 0. The minimum atomic E-state index is -0.653. The predicted octanol–water partition coefficient (Wildman–Crippen LogP) is 1.34. The number of hydrogen-bond acceptors (Lipinski definition) is 4. The van der Waals surface area contributed by atoms with Crippen molar-refractivity contribution >= 4 is 24.0 Å². The van der Waals surface area contributed by atoms with Gasteiger partial charge in [-0.1, -0.05) is 6.07 Å². The predicted molar refractivity (Wildman–Crippen MR) is 73.5 cm³/mol. The highest BCUT2D eigenvalue weighted by atomic mass is 35.5. The molecule has 102 valence electrons. The molecule has 1 aromatic carbocycles. The van der Waals surface area contributed by atoms with Crippen molar-refractivity contribution in [2.75, 3.05) is 26.1 Å². The molecule has 0 saturated carbocycles. The Kier molecular flexibility index (Phi) is 7.35. The van der Waals surface area contributed by atoms with Gasteiger partial charge in [0.05, 0.1) is 12.8 Å². The van der Waals surface area contributed by atoms with Gasteiger partial charge in [-0.2, -0.15) is 0 Å². The first-order valence-corrected chi connectivity index (χ1v) is 5.30. The number of anilines is 1. The molecule has 0 fully saturated rings. The first-order chi connectivity index (χ1) is 8.12. The molecular weight excluding hydrogens is 256 g/mol. The fraction of sp³-hybridized carbons (Fsp3) is 0.417. The number of halogens is 1. The van der Waals surface area contributed by atoms with Gasteiger partial charge in [-0.05, 0) is 24.6 Å². The van der Waals surface area contributed by atoms with E-state index in [9.17, 15) is 4.79 Å². The third-order valence-electron chi connectivity index (χ3n) is 2.40. The summed E-state index contributed by atoms with van der Waals surface area (Å²) in [6.45, 7) is 2.07. The van der Waals surface area contributed by atoms with Crippen LogP contribution in [0.15, 0.2) is 18.2 Å². The number of nitrogens with one attached hydrogen (secondary N) is 1. The molecule has 1 amide bonds. The number of benzene rings is 1. The second kappa shape index (κ2) is 7.92. The van der Waals surface area contributed by atoms with Gasteiger partial charge < -0.3 is 20.5 Å². The van der Waals surface area contributed by atoms with Gasteiger partial charge >= 0.3 is 0 Å². The summed E-state index contributed by atoms with van der Waals surface area (Å²) >= 11 is 0. The lowest BCUT2D eigenvalue weighted by Gasteiger charge is -2.15. The molecule has 1 atom stereocenters. The quantitative estimate of drug-likeness (QED) is 0.850. The molecule has 1 aromatic rings. The SMILES string of the molecule is COc1ccc(C)cc1NC(=O)C(CN)OC.Cl. The van der Waals surface area contributed by atoms with Crippen LogP contribution in [0.2, 0.25) is 0 Å². The Labute approximate surface area is 113 Å². The Morgan fingerprint density at radius 3 is 2.61 bits per heavy atom. The summed E-state index contributed by atoms with van der Waals surface area (Å²) in [5.41, 5.74) is 7.07.